The van der Waals surface area contributed by atoms with Crippen molar-refractivity contribution in [1.82, 2.24) is 10.6 Å². The van der Waals surface area contributed by atoms with E-state index in [0.29, 0.717) is 17.3 Å². The summed E-state index contributed by atoms with van der Waals surface area (Å²) in [6.45, 7) is 3.77. The van der Waals surface area contributed by atoms with E-state index in [1.807, 2.05) is 62.4 Å². The van der Waals surface area contributed by atoms with Crippen LogP contribution in [0, 0.1) is 0 Å². The first-order chi connectivity index (χ1) is 13.0. The SMILES string of the molecule is COc1ccc(OC)c(C(C)NC(=O)NC(C)c2cc3ccccc3o2)c1. The van der Waals surface area contributed by atoms with Gasteiger partial charge in [-0.15, -0.1) is 0 Å². The topological polar surface area (TPSA) is 72.7 Å². The quantitative estimate of drug-likeness (QED) is 0.668. The molecule has 1 aromatic heterocycles. The van der Waals surface area contributed by atoms with Gasteiger partial charge in [0.1, 0.15) is 22.8 Å². The second-order valence-electron chi connectivity index (χ2n) is 6.36. The van der Waals surface area contributed by atoms with Gasteiger partial charge in [-0.2, -0.15) is 0 Å². The minimum atomic E-state index is -0.291. The molecule has 2 unspecified atom stereocenters. The summed E-state index contributed by atoms with van der Waals surface area (Å²) in [5.41, 5.74) is 1.64. The van der Waals surface area contributed by atoms with Gasteiger partial charge in [0, 0.05) is 10.9 Å². The van der Waals surface area contributed by atoms with E-state index in [2.05, 4.69) is 10.6 Å². The molecule has 3 rings (SSSR count). The lowest BCUT2D eigenvalue weighted by atomic mass is 10.1. The van der Waals surface area contributed by atoms with Crippen molar-refractivity contribution in [3.63, 3.8) is 0 Å². The van der Waals surface area contributed by atoms with E-state index in [4.69, 9.17) is 13.9 Å². The van der Waals surface area contributed by atoms with E-state index < -0.39 is 0 Å². The summed E-state index contributed by atoms with van der Waals surface area (Å²) >= 11 is 0. The molecule has 0 saturated heterocycles. The number of nitrogens with one attached hydrogen (secondary N) is 2. The number of benzene rings is 2. The molecule has 0 saturated carbocycles. The summed E-state index contributed by atoms with van der Waals surface area (Å²) in [6.07, 6.45) is 0. The Hall–Kier alpha value is -3.15. The van der Waals surface area contributed by atoms with Gasteiger partial charge >= 0.3 is 6.03 Å². The van der Waals surface area contributed by atoms with Crippen LogP contribution in [0.15, 0.2) is 52.9 Å². The lowest BCUT2D eigenvalue weighted by Crippen LogP contribution is -2.38. The first-order valence-electron chi connectivity index (χ1n) is 8.79. The molecule has 2 N–H and O–H groups in total. The maximum absolute atomic E-state index is 12.4. The van der Waals surface area contributed by atoms with E-state index in [1.165, 1.54) is 0 Å². The molecule has 0 bridgehead atoms. The standard InChI is InChI=1S/C21H24N2O4/c1-13(17-12-16(25-3)9-10-19(17)26-4)22-21(24)23-14(2)20-11-15-7-5-6-8-18(15)27-20/h5-14H,1-4H3,(H2,22,23,24). The number of hydrogen-bond acceptors (Lipinski definition) is 4. The Bertz CT molecular complexity index is 902. The highest BCUT2D eigenvalue weighted by Gasteiger charge is 2.18. The Morgan fingerprint density at radius 3 is 2.41 bits per heavy atom. The van der Waals surface area contributed by atoms with Crippen molar-refractivity contribution < 1.29 is 18.7 Å². The summed E-state index contributed by atoms with van der Waals surface area (Å²) in [6, 6.07) is 14.4. The molecule has 1 heterocycles. The van der Waals surface area contributed by atoms with E-state index in [-0.39, 0.29) is 18.1 Å². The van der Waals surface area contributed by atoms with Crippen LogP contribution in [-0.4, -0.2) is 20.3 Å². The van der Waals surface area contributed by atoms with Crippen LogP contribution in [0.2, 0.25) is 0 Å². The van der Waals surface area contributed by atoms with Crippen molar-refractivity contribution in [2.24, 2.45) is 0 Å². The number of rotatable bonds is 6. The van der Waals surface area contributed by atoms with Crippen LogP contribution in [0.25, 0.3) is 11.0 Å². The van der Waals surface area contributed by atoms with Gasteiger partial charge in [-0.25, -0.2) is 4.79 Å². The van der Waals surface area contributed by atoms with Crippen LogP contribution in [0.3, 0.4) is 0 Å². The molecule has 0 radical (unpaired) electrons. The number of carbonyl (C=O) groups is 1. The Morgan fingerprint density at radius 1 is 0.963 bits per heavy atom. The maximum atomic E-state index is 12.4. The normalized spacial score (nSPS) is 13.0. The smallest absolute Gasteiger partial charge is 0.315 e. The van der Waals surface area contributed by atoms with Crippen LogP contribution >= 0.6 is 0 Å². The van der Waals surface area contributed by atoms with Gasteiger partial charge < -0.3 is 24.5 Å². The molecule has 0 fully saturated rings. The Kier molecular flexibility index (Phi) is 5.54. The van der Waals surface area contributed by atoms with Gasteiger partial charge in [-0.3, -0.25) is 0 Å². The molecule has 2 amide bonds. The van der Waals surface area contributed by atoms with Gasteiger partial charge in [0.05, 0.1) is 26.3 Å². The number of furan rings is 1. The molecule has 2 aromatic carbocycles. The van der Waals surface area contributed by atoms with Crippen molar-refractivity contribution in [3.05, 3.63) is 59.9 Å². The summed E-state index contributed by atoms with van der Waals surface area (Å²) in [5, 5.41) is 6.85. The molecule has 0 aliphatic carbocycles. The maximum Gasteiger partial charge on any atom is 0.315 e. The van der Waals surface area contributed by atoms with Crippen LogP contribution in [0.4, 0.5) is 4.79 Å². The number of carbonyl (C=O) groups excluding carboxylic acids is 1. The zero-order valence-corrected chi connectivity index (χ0v) is 15.9. The number of para-hydroxylation sites is 1. The number of amides is 2. The zero-order chi connectivity index (χ0) is 19.4. The van der Waals surface area contributed by atoms with Crippen LogP contribution < -0.4 is 20.1 Å². The first kappa shape index (κ1) is 18.6. The number of methoxy groups -OCH3 is 2. The summed E-state index contributed by atoms with van der Waals surface area (Å²) in [4.78, 5) is 12.4. The van der Waals surface area contributed by atoms with E-state index in [9.17, 15) is 4.79 Å². The van der Waals surface area contributed by atoms with E-state index >= 15 is 0 Å². The molecule has 0 aliphatic heterocycles. The van der Waals surface area contributed by atoms with Crippen molar-refractivity contribution >= 4 is 17.0 Å². The number of urea groups is 1. The molecule has 3 aromatic rings. The third kappa shape index (κ3) is 4.16. The van der Waals surface area contributed by atoms with Crippen LogP contribution in [0.1, 0.15) is 37.3 Å². The van der Waals surface area contributed by atoms with Crippen LogP contribution in [-0.2, 0) is 0 Å². The Balaban J connectivity index is 1.68. The van der Waals surface area contributed by atoms with E-state index in [1.54, 1.807) is 14.2 Å². The van der Waals surface area contributed by atoms with Crippen molar-refractivity contribution in [2.75, 3.05) is 14.2 Å². The predicted octanol–water partition coefficient (Wildman–Crippen LogP) is 4.57. The second kappa shape index (κ2) is 8.03. The van der Waals surface area contributed by atoms with Crippen LogP contribution in [0.5, 0.6) is 11.5 Å². The molecular formula is C21H24N2O4. The van der Waals surface area contributed by atoms with Gasteiger partial charge in [0.2, 0.25) is 0 Å². The predicted molar refractivity (Wildman–Crippen MR) is 104 cm³/mol. The van der Waals surface area contributed by atoms with Crippen molar-refractivity contribution in [2.45, 2.75) is 25.9 Å². The minimum Gasteiger partial charge on any atom is -0.497 e. The molecule has 6 nitrogen and oxygen atoms in total. The van der Waals surface area contributed by atoms with E-state index in [0.717, 1.165) is 16.5 Å². The number of fused-ring (bicyclic) bond motifs is 1. The average molecular weight is 368 g/mol. The number of hydrogen-bond donors (Lipinski definition) is 2. The first-order valence-corrected chi connectivity index (χ1v) is 8.79. The van der Waals surface area contributed by atoms with Gasteiger partial charge in [0.15, 0.2) is 0 Å². The third-order valence-electron chi connectivity index (χ3n) is 4.47. The molecule has 2 atom stereocenters. The van der Waals surface area contributed by atoms with Crippen molar-refractivity contribution in [3.8, 4) is 11.5 Å². The van der Waals surface area contributed by atoms with Gasteiger partial charge in [-0.1, -0.05) is 18.2 Å². The fourth-order valence-corrected chi connectivity index (χ4v) is 2.98. The monoisotopic (exact) mass is 368 g/mol. The van der Waals surface area contributed by atoms with Gasteiger partial charge in [-0.05, 0) is 44.2 Å². The average Bonchev–Trinajstić information content (AvgIpc) is 3.11. The summed E-state index contributed by atoms with van der Waals surface area (Å²) in [7, 11) is 3.20. The Morgan fingerprint density at radius 2 is 1.70 bits per heavy atom. The molecule has 0 aliphatic rings. The molecule has 6 heteroatoms. The summed E-state index contributed by atoms with van der Waals surface area (Å²) in [5.74, 6) is 2.10. The fourth-order valence-electron chi connectivity index (χ4n) is 2.98. The number of ether oxygens (including phenoxy) is 2. The minimum absolute atomic E-state index is 0.266. The van der Waals surface area contributed by atoms with Gasteiger partial charge in [0.25, 0.3) is 0 Å². The molecular weight excluding hydrogens is 344 g/mol. The lowest BCUT2D eigenvalue weighted by molar-refractivity contribution is 0.233. The second-order valence-corrected chi connectivity index (χ2v) is 6.36. The van der Waals surface area contributed by atoms with Crippen molar-refractivity contribution in [1.29, 1.82) is 0 Å². The summed E-state index contributed by atoms with van der Waals surface area (Å²) < 4.78 is 16.5. The fraction of sp³-hybridized carbons (Fsp3) is 0.286. The Labute approximate surface area is 158 Å². The zero-order valence-electron chi connectivity index (χ0n) is 15.9. The highest BCUT2D eigenvalue weighted by molar-refractivity contribution is 5.78. The highest BCUT2D eigenvalue weighted by Crippen LogP contribution is 2.29. The lowest BCUT2D eigenvalue weighted by Gasteiger charge is -2.20. The molecule has 27 heavy (non-hydrogen) atoms. The molecule has 0 spiro atoms. The molecule has 142 valence electrons. The largest absolute Gasteiger partial charge is 0.497 e. The highest BCUT2D eigenvalue weighted by atomic mass is 16.5. The third-order valence-corrected chi connectivity index (χ3v) is 4.47.